The molecule has 0 radical (unpaired) electrons. The topological polar surface area (TPSA) is 113 Å². The average molecular weight is 370 g/mol. The summed E-state index contributed by atoms with van der Waals surface area (Å²) in [4.78, 5) is 23.7. The fourth-order valence-electron chi connectivity index (χ4n) is 3.25. The maximum absolute atomic E-state index is 13.4. The molecule has 0 aliphatic carbocycles. The van der Waals surface area contributed by atoms with Gasteiger partial charge in [-0.25, -0.2) is 14.0 Å². The van der Waals surface area contributed by atoms with E-state index in [4.69, 9.17) is 9.47 Å². The van der Waals surface area contributed by atoms with Crippen LogP contribution in [0.2, 0.25) is 0 Å². The van der Waals surface area contributed by atoms with Crippen molar-refractivity contribution in [2.45, 2.75) is 0 Å². The molecule has 0 spiro atoms. The van der Waals surface area contributed by atoms with E-state index in [0.29, 0.717) is 5.75 Å². The summed E-state index contributed by atoms with van der Waals surface area (Å²) in [5.41, 5.74) is -1.13. The summed E-state index contributed by atoms with van der Waals surface area (Å²) in [6.45, 7) is -0.110. The Balaban J connectivity index is 2.27. The van der Waals surface area contributed by atoms with Crippen LogP contribution in [0.5, 0.6) is 17.2 Å². The number of fused-ring (bicyclic) bond motifs is 3. The predicted octanol–water partition coefficient (Wildman–Crippen LogP) is 3.48. The van der Waals surface area contributed by atoms with E-state index in [-0.39, 0.29) is 34.4 Å². The zero-order chi connectivity index (χ0) is 19.3. The molecule has 0 saturated carbocycles. The van der Waals surface area contributed by atoms with Crippen molar-refractivity contribution in [1.82, 2.24) is 0 Å². The Bertz CT molecular complexity index is 1120. The van der Waals surface area contributed by atoms with Crippen LogP contribution >= 0.6 is 0 Å². The highest BCUT2D eigenvalue weighted by atomic mass is 19.1. The third-order valence-electron chi connectivity index (χ3n) is 4.34. The molecule has 0 atom stereocenters. The normalized spacial score (nSPS) is 12.3. The molecule has 0 saturated heterocycles. The van der Waals surface area contributed by atoms with Crippen LogP contribution in [0.15, 0.2) is 36.4 Å². The average Bonchev–Trinajstić information content (AvgIpc) is 3.10. The minimum Gasteiger partial charge on any atom is -0.506 e. The lowest BCUT2D eigenvalue weighted by atomic mass is 9.88. The molecule has 8 heteroatoms. The number of rotatable bonds is 3. The first-order valence-electron chi connectivity index (χ1n) is 7.74. The van der Waals surface area contributed by atoms with Gasteiger partial charge >= 0.3 is 11.9 Å². The fourth-order valence-corrected chi connectivity index (χ4v) is 3.25. The van der Waals surface area contributed by atoms with E-state index >= 15 is 0 Å². The number of hydrogen-bond donors (Lipinski definition) is 3. The summed E-state index contributed by atoms with van der Waals surface area (Å²) < 4.78 is 24.1. The molecule has 3 aromatic rings. The first-order chi connectivity index (χ1) is 12.9. The SMILES string of the molecule is O=C(O)c1c(C(=O)O)c(-c2ccc(F)cc2)c2c3c(ccc2c1O)OCO3. The number of hydrogen-bond acceptors (Lipinski definition) is 5. The second-order valence-corrected chi connectivity index (χ2v) is 5.81. The summed E-state index contributed by atoms with van der Waals surface area (Å²) in [5, 5.41) is 30.0. The van der Waals surface area contributed by atoms with E-state index in [9.17, 15) is 29.3 Å². The van der Waals surface area contributed by atoms with Crippen LogP contribution in [-0.4, -0.2) is 34.1 Å². The van der Waals surface area contributed by atoms with Crippen molar-refractivity contribution >= 4 is 22.7 Å². The Hall–Kier alpha value is -3.81. The second-order valence-electron chi connectivity index (χ2n) is 5.81. The first-order valence-corrected chi connectivity index (χ1v) is 7.74. The number of carboxylic acid groups (broad SMARTS) is 2. The summed E-state index contributed by atoms with van der Waals surface area (Å²) in [5.74, 6) is -3.89. The first kappa shape index (κ1) is 16.6. The van der Waals surface area contributed by atoms with Gasteiger partial charge in [0.2, 0.25) is 6.79 Å². The van der Waals surface area contributed by atoms with E-state index in [2.05, 4.69) is 0 Å². The van der Waals surface area contributed by atoms with Gasteiger partial charge in [0, 0.05) is 16.3 Å². The van der Waals surface area contributed by atoms with Gasteiger partial charge in [0.05, 0.1) is 5.56 Å². The molecule has 1 aliphatic rings. The Morgan fingerprint density at radius 2 is 1.59 bits per heavy atom. The molecule has 4 rings (SSSR count). The third kappa shape index (κ3) is 2.42. The second kappa shape index (κ2) is 5.87. The molecular formula is C19H11FO7. The van der Waals surface area contributed by atoms with Crippen LogP contribution < -0.4 is 9.47 Å². The minimum atomic E-state index is -1.60. The maximum Gasteiger partial charge on any atom is 0.340 e. The molecule has 27 heavy (non-hydrogen) atoms. The maximum atomic E-state index is 13.4. The van der Waals surface area contributed by atoms with E-state index in [1.54, 1.807) is 0 Å². The number of benzene rings is 3. The van der Waals surface area contributed by atoms with Gasteiger partial charge in [0.25, 0.3) is 0 Å². The predicted molar refractivity (Wildman–Crippen MR) is 91.0 cm³/mol. The lowest BCUT2D eigenvalue weighted by Crippen LogP contribution is -2.11. The van der Waals surface area contributed by atoms with Crippen LogP contribution in [0, 0.1) is 5.82 Å². The lowest BCUT2D eigenvalue weighted by Gasteiger charge is -2.17. The minimum absolute atomic E-state index is 0.00458. The standard InChI is InChI=1S/C19H11FO7/c20-9-3-1-8(2-4-9)12-13-10(5-6-11-17(13)27-7-26-11)16(21)15(19(24)25)14(12)18(22)23/h1-6,21H,7H2,(H,22,23)(H,24,25). The zero-order valence-corrected chi connectivity index (χ0v) is 13.5. The number of phenols is 1. The van der Waals surface area contributed by atoms with Gasteiger partial charge in [-0.1, -0.05) is 12.1 Å². The molecule has 3 aromatic carbocycles. The van der Waals surface area contributed by atoms with E-state index in [1.807, 2.05) is 0 Å². The molecule has 1 aliphatic heterocycles. The lowest BCUT2D eigenvalue weighted by molar-refractivity contribution is 0.0649. The Labute approximate surface area is 150 Å². The number of aromatic hydroxyl groups is 1. The number of ether oxygens (including phenoxy) is 2. The van der Waals surface area contributed by atoms with Crippen molar-refractivity contribution in [3.63, 3.8) is 0 Å². The van der Waals surface area contributed by atoms with Crippen molar-refractivity contribution in [2.75, 3.05) is 6.79 Å². The monoisotopic (exact) mass is 370 g/mol. The van der Waals surface area contributed by atoms with Crippen molar-refractivity contribution < 1.29 is 38.8 Å². The largest absolute Gasteiger partial charge is 0.506 e. The number of aromatic carboxylic acids is 2. The highest BCUT2D eigenvalue weighted by molar-refractivity contribution is 6.19. The Morgan fingerprint density at radius 1 is 0.926 bits per heavy atom. The number of carbonyl (C=O) groups is 2. The van der Waals surface area contributed by atoms with Crippen molar-refractivity contribution in [3.05, 3.63) is 53.3 Å². The van der Waals surface area contributed by atoms with Crippen molar-refractivity contribution in [2.24, 2.45) is 0 Å². The zero-order valence-electron chi connectivity index (χ0n) is 13.5. The Morgan fingerprint density at radius 3 is 2.22 bits per heavy atom. The summed E-state index contributed by atoms with van der Waals surface area (Å²) in [7, 11) is 0. The highest BCUT2D eigenvalue weighted by Gasteiger charge is 2.32. The Kier molecular flexibility index (Phi) is 3.62. The quantitative estimate of drug-likeness (QED) is 0.647. The molecular weight excluding hydrogens is 359 g/mol. The van der Waals surface area contributed by atoms with Crippen LogP contribution in [-0.2, 0) is 0 Å². The highest BCUT2D eigenvalue weighted by Crippen LogP contribution is 2.49. The van der Waals surface area contributed by atoms with Gasteiger partial charge in [0.1, 0.15) is 17.1 Å². The van der Waals surface area contributed by atoms with Crippen LogP contribution in [0.4, 0.5) is 4.39 Å². The summed E-state index contributed by atoms with van der Waals surface area (Å²) >= 11 is 0. The molecule has 3 N–H and O–H groups in total. The molecule has 7 nitrogen and oxygen atoms in total. The molecule has 136 valence electrons. The van der Waals surface area contributed by atoms with Crippen LogP contribution in [0.1, 0.15) is 20.7 Å². The fraction of sp³-hybridized carbons (Fsp3) is 0.0526. The molecule has 1 heterocycles. The number of carboxylic acids is 2. The van der Waals surface area contributed by atoms with Crippen LogP contribution in [0.25, 0.3) is 21.9 Å². The van der Waals surface area contributed by atoms with Gasteiger partial charge in [-0.2, -0.15) is 0 Å². The van der Waals surface area contributed by atoms with E-state index < -0.39 is 34.6 Å². The molecule has 0 unspecified atom stereocenters. The van der Waals surface area contributed by atoms with Crippen LogP contribution in [0.3, 0.4) is 0 Å². The van der Waals surface area contributed by atoms with Gasteiger partial charge in [-0.3, -0.25) is 0 Å². The molecule has 0 amide bonds. The summed E-state index contributed by atoms with van der Waals surface area (Å²) in [6, 6.07) is 7.82. The third-order valence-corrected chi connectivity index (χ3v) is 4.34. The summed E-state index contributed by atoms with van der Waals surface area (Å²) in [6.07, 6.45) is 0. The van der Waals surface area contributed by atoms with Crippen molar-refractivity contribution in [1.29, 1.82) is 0 Å². The van der Waals surface area contributed by atoms with E-state index in [1.165, 1.54) is 24.3 Å². The van der Waals surface area contributed by atoms with Gasteiger partial charge < -0.3 is 24.8 Å². The molecule has 0 fully saturated rings. The van der Waals surface area contributed by atoms with Gasteiger partial charge in [0.15, 0.2) is 11.5 Å². The number of halogens is 1. The smallest absolute Gasteiger partial charge is 0.340 e. The van der Waals surface area contributed by atoms with E-state index in [0.717, 1.165) is 12.1 Å². The molecule has 0 aromatic heterocycles. The van der Waals surface area contributed by atoms with Gasteiger partial charge in [-0.15, -0.1) is 0 Å². The van der Waals surface area contributed by atoms with Gasteiger partial charge in [-0.05, 0) is 29.8 Å². The van der Waals surface area contributed by atoms with Crippen molar-refractivity contribution in [3.8, 4) is 28.4 Å². The molecule has 0 bridgehead atoms.